The van der Waals surface area contributed by atoms with Crippen molar-refractivity contribution in [2.45, 2.75) is 38.2 Å². The Morgan fingerprint density at radius 2 is 2.10 bits per heavy atom. The lowest BCUT2D eigenvalue weighted by Crippen LogP contribution is -2.15. The number of aliphatic hydroxyl groups is 1. The molecule has 3 heteroatoms. The smallest absolute Gasteiger partial charge is 0.0974 e. The Morgan fingerprint density at radius 3 is 2.86 bits per heavy atom. The van der Waals surface area contributed by atoms with Gasteiger partial charge in [-0.15, -0.1) is 0 Å². The van der Waals surface area contributed by atoms with Gasteiger partial charge in [-0.2, -0.15) is 0 Å². The van der Waals surface area contributed by atoms with Crippen LogP contribution in [0.4, 0.5) is 0 Å². The molecule has 4 rings (SSSR count). The number of halogens is 1. The highest BCUT2D eigenvalue weighted by molar-refractivity contribution is 9.10. The van der Waals surface area contributed by atoms with E-state index in [1.165, 1.54) is 25.7 Å². The summed E-state index contributed by atoms with van der Waals surface area (Å²) in [5.41, 5.74) is 1.76. The molecule has 1 aromatic carbocycles. The van der Waals surface area contributed by atoms with Crippen molar-refractivity contribution in [1.29, 1.82) is 0 Å². The summed E-state index contributed by atoms with van der Waals surface area (Å²) in [6.07, 6.45) is 5.90. The van der Waals surface area contributed by atoms with E-state index < -0.39 is 6.10 Å². The Hall–Kier alpha value is -0.930. The topological polar surface area (TPSA) is 33.1 Å². The van der Waals surface area contributed by atoms with Crippen LogP contribution in [0, 0.1) is 17.8 Å². The van der Waals surface area contributed by atoms with Crippen LogP contribution in [0.2, 0.25) is 0 Å². The van der Waals surface area contributed by atoms with Crippen LogP contribution in [-0.2, 0) is 0 Å². The first-order chi connectivity index (χ1) is 10.2. The fourth-order valence-corrected chi connectivity index (χ4v) is 5.00. The Kier molecular flexibility index (Phi) is 3.50. The Bertz CT molecular complexity index is 671. The van der Waals surface area contributed by atoms with Crippen molar-refractivity contribution in [2.24, 2.45) is 17.8 Å². The molecule has 2 aliphatic carbocycles. The molecule has 21 heavy (non-hydrogen) atoms. The van der Waals surface area contributed by atoms with Gasteiger partial charge >= 0.3 is 0 Å². The van der Waals surface area contributed by atoms with Crippen molar-refractivity contribution < 1.29 is 5.11 Å². The first-order valence-electron chi connectivity index (χ1n) is 7.94. The normalized spacial score (nSPS) is 29.1. The van der Waals surface area contributed by atoms with Crippen molar-refractivity contribution in [3.8, 4) is 0 Å². The molecule has 1 aromatic heterocycles. The number of benzene rings is 1. The largest absolute Gasteiger partial charge is 0.387 e. The number of aromatic nitrogens is 1. The van der Waals surface area contributed by atoms with Gasteiger partial charge in [0.1, 0.15) is 0 Å². The van der Waals surface area contributed by atoms with Gasteiger partial charge in [-0.3, -0.25) is 0 Å². The number of hydrogen-bond donors (Lipinski definition) is 1. The molecule has 0 aliphatic heterocycles. The van der Waals surface area contributed by atoms with Crippen LogP contribution in [-0.4, -0.2) is 10.1 Å². The van der Waals surface area contributed by atoms with Gasteiger partial charge < -0.3 is 5.11 Å². The van der Waals surface area contributed by atoms with Gasteiger partial charge in [-0.25, -0.2) is 4.98 Å². The predicted octanol–water partition coefficient (Wildman–Crippen LogP) is 4.86. The maximum absolute atomic E-state index is 10.7. The lowest BCUT2D eigenvalue weighted by atomic mass is 9.84. The summed E-state index contributed by atoms with van der Waals surface area (Å²) >= 11 is 3.59. The molecule has 2 nitrogen and oxygen atoms in total. The molecule has 4 unspecified atom stereocenters. The van der Waals surface area contributed by atoms with Gasteiger partial charge in [-0.1, -0.05) is 24.6 Å². The maximum atomic E-state index is 10.7. The Labute approximate surface area is 133 Å². The average molecular weight is 346 g/mol. The third-order valence-corrected chi connectivity index (χ3v) is 6.07. The van der Waals surface area contributed by atoms with Gasteiger partial charge in [-0.05, 0) is 71.5 Å². The third-order valence-electron chi connectivity index (χ3n) is 5.43. The van der Waals surface area contributed by atoms with Crippen LogP contribution in [0.15, 0.2) is 34.8 Å². The van der Waals surface area contributed by atoms with E-state index in [1.807, 2.05) is 18.2 Å². The monoisotopic (exact) mass is 345 g/mol. The predicted molar refractivity (Wildman–Crippen MR) is 88.0 cm³/mol. The highest BCUT2D eigenvalue weighted by Crippen LogP contribution is 2.51. The quantitative estimate of drug-likeness (QED) is 0.861. The first-order valence-corrected chi connectivity index (χ1v) is 8.73. The highest BCUT2D eigenvalue weighted by atomic mass is 79.9. The zero-order valence-corrected chi connectivity index (χ0v) is 13.6. The van der Waals surface area contributed by atoms with Crippen molar-refractivity contribution in [1.82, 2.24) is 4.98 Å². The van der Waals surface area contributed by atoms with Crippen LogP contribution in [0.3, 0.4) is 0 Å². The first kappa shape index (κ1) is 13.7. The molecule has 2 fully saturated rings. The molecule has 0 radical (unpaired) electrons. The lowest BCUT2D eigenvalue weighted by molar-refractivity contribution is 0.121. The number of rotatable bonds is 3. The molecule has 1 N–H and O–H groups in total. The zero-order chi connectivity index (χ0) is 14.4. The number of nitrogens with zero attached hydrogens (tertiary/aromatic N) is 1. The number of hydrogen-bond acceptors (Lipinski definition) is 2. The fraction of sp³-hybridized carbons (Fsp3) is 0.500. The summed E-state index contributed by atoms with van der Waals surface area (Å²) in [6, 6.07) is 10.1. The molecule has 2 saturated carbocycles. The van der Waals surface area contributed by atoms with E-state index in [0.29, 0.717) is 5.92 Å². The second-order valence-electron chi connectivity index (χ2n) is 6.73. The molecule has 0 spiro atoms. The van der Waals surface area contributed by atoms with E-state index in [2.05, 4.69) is 33.0 Å². The molecular weight excluding hydrogens is 326 g/mol. The summed E-state index contributed by atoms with van der Waals surface area (Å²) in [4.78, 5) is 4.68. The van der Waals surface area contributed by atoms with E-state index >= 15 is 0 Å². The lowest BCUT2D eigenvalue weighted by Gasteiger charge is -2.24. The second-order valence-corrected chi connectivity index (χ2v) is 7.59. The minimum atomic E-state index is -0.451. The highest BCUT2D eigenvalue weighted by Gasteiger charge is 2.40. The fourth-order valence-electron chi connectivity index (χ4n) is 4.40. The van der Waals surface area contributed by atoms with Gasteiger partial charge in [0.05, 0.1) is 17.3 Å². The second kappa shape index (κ2) is 5.36. The molecule has 4 atom stereocenters. The summed E-state index contributed by atoms with van der Waals surface area (Å²) in [6.45, 7) is 0. The average Bonchev–Trinajstić information content (AvgIpc) is 3.09. The van der Waals surface area contributed by atoms with E-state index in [4.69, 9.17) is 0 Å². The molecule has 2 aromatic rings. The third kappa shape index (κ3) is 2.51. The SMILES string of the molecule is OC(CC1CC2CCC1C2)c1nc2ccccc2cc1Br. The summed E-state index contributed by atoms with van der Waals surface area (Å²) in [5.74, 6) is 2.48. The number of pyridine rings is 1. The van der Waals surface area contributed by atoms with Crippen molar-refractivity contribution in [3.63, 3.8) is 0 Å². The van der Waals surface area contributed by atoms with Crippen LogP contribution in [0.5, 0.6) is 0 Å². The molecule has 2 bridgehead atoms. The number of para-hydroxylation sites is 1. The molecule has 2 aliphatic rings. The molecule has 110 valence electrons. The summed E-state index contributed by atoms with van der Waals surface area (Å²) in [5, 5.41) is 11.8. The van der Waals surface area contributed by atoms with Gasteiger partial charge in [0.25, 0.3) is 0 Å². The number of fused-ring (bicyclic) bond motifs is 3. The van der Waals surface area contributed by atoms with Gasteiger partial charge in [0, 0.05) is 9.86 Å². The van der Waals surface area contributed by atoms with Gasteiger partial charge in [0.2, 0.25) is 0 Å². The Balaban J connectivity index is 1.58. The van der Waals surface area contributed by atoms with Crippen molar-refractivity contribution in [3.05, 3.63) is 40.5 Å². The van der Waals surface area contributed by atoms with Crippen molar-refractivity contribution in [2.75, 3.05) is 0 Å². The maximum Gasteiger partial charge on any atom is 0.0974 e. The minimum Gasteiger partial charge on any atom is -0.387 e. The zero-order valence-electron chi connectivity index (χ0n) is 12.0. The summed E-state index contributed by atoms with van der Waals surface area (Å²) in [7, 11) is 0. The Morgan fingerprint density at radius 1 is 1.24 bits per heavy atom. The summed E-state index contributed by atoms with van der Waals surface area (Å²) < 4.78 is 0.928. The standard InChI is InChI=1S/C18H20BrNO/c19-15-9-13-3-1-2-4-16(13)20-18(15)17(21)10-14-8-11-5-6-12(14)7-11/h1-4,9,11-12,14,17,21H,5-8,10H2. The molecular formula is C18H20BrNO. The molecule has 0 saturated heterocycles. The van der Waals surface area contributed by atoms with E-state index in [0.717, 1.165) is 39.3 Å². The van der Waals surface area contributed by atoms with Crippen LogP contribution in [0.1, 0.15) is 43.9 Å². The van der Waals surface area contributed by atoms with E-state index in [9.17, 15) is 5.11 Å². The van der Waals surface area contributed by atoms with Gasteiger partial charge in [0.15, 0.2) is 0 Å². The van der Waals surface area contributed by atoms with E-state index in [-0.39, 0.29) is 0 Å². The van der Waals surface area contributed by atoms with Crippen LogP contribution >= 0.6 is 15.9 Å². The molecule has 0 amide bonds. The van der Waals surface area contributed by atoms with E-state index in [1.54, 1.807) is 0 Å². The molecule has 1 heterocycles. The number of aliphatic hydroxyl groups excluding tert-OH is 1. The van der Waals surface area contributed by atoms with Crippen LogP contribution < -0.4 is 0 Å². The van der Waals surface area contributed by atoms with Crippen molar-refractivity contribution >= 4 is 26.8 Å². The van der Waals surface area contributed by atoms with Crippen LogP contribution in [0.25, 0.3) is 10.9 Å². The minimum absolute atomic E-state index is 0.451.